The first kappa shape index (κ1) is 13.3. The lowest BCUT2D eigenvalue weighted by Gasteiger charge is -2.18. The molecule has 0 bridgehead atoms. The lowest BCUT2D eigenvalue weighted by Crippen LogP contribution is -2.29. The summed E-state index contributed by atoms with van der Waals surface area (Å²) in [5.74, 6) is 0.388. The molecule has 0 saturated carbocycles. The van der Waals surface area contributed by atoms with E-state index >= 15 is 0 Å². The number of para-hydroxylation sites is 1. The average molecular weight is 271 g/mol. The van der Waals surface area contributed by atoms with Crippen molar-refractivity contribution in [2.24, 2.45) is 5.92 Å². The standard InChI is InChI=1S/C12H17NO4S/c1-17-11-4-2-3-5-12(11)18(15,16)13-7-6-10(8-13)9-14/h2-5,10,14H,6-9H2,1H3. The van der Waals surface area contributed by atoms with Crippen molar-refractivity contribution in [2.75, 3.05) is 26.8 Å². The molecule has 0 aliphatic carbocycles. The van der Waals surface area contributed by atoms with Crippen molar-refractivity contribution >= 4 is 10.0 Å². The third-order valence-corrected chi connectivity index (χ3v) is 5.10. The van der Waals surface area contributed by atoms with Crippen LogP contribution in [0.5, 0.6) is 5.75 Å². The molecule has 1 fully saturated rings. The maximum atomic E-state index is 12.4. The van der Waals surface area contributed by atoms with Crippen molar-refractivity contribution < 1.29 is 18.3 Å². The summed E-state index contributed by atoms with van der Waals surface area (Å²) in [6.45, 7) is 0.848. The molecule has 5 nitrogen and oxygen atoms in total. The van der Waals surface area contributed by atoms with Crippen molar-refractivity contribution in [3.8, 4) is 5.75 Å². The monoisotopic (exact) mass is 271 g/mol. The molecule has 100 valence electrons. The van der Waals surface area contributed by atoms with Crippen LogP contribution in [-0.2, 0) is 10.0 Å². The van der Waals surface area contributed by atoms with Gasteiger partial charge in [-0.1, -0.05) is 12.1 Å². The van der Waals surface area contributed by atoms with E-state index < -0.39 is 10.0 Å². The van der Waals surface area contributed by atoms with E-state index in [0.29, 0.717) is 25.3 Å². The minimum atomic E-state index is -3.53. The molecule has 0 amide bonds. The van der Waals surface area contributed by atoms with Crippen molar-refractivity contribution in [3.05, 3.63) is 24.3 Å². The van der Waals surface area contributed by atoms with Crippen LogP contribution in [0.25, 0.3) is 0 Å². The van der Waals surface area contributed by atoms with Crippen LogP contribution in [0.15, 0.2) is 29.2 Å². The molecule has 1 N–H and O–H groups in total. The quantitative estimate of drug-likeness (QED) is 0.875. The second-order valence-electron chi connectivity index (χ2n) is 4.35. The summed E-state index contributed by atoms with van der Waals surface area (Å²) in [6.07, 6.45) is 0.699. The molecular weight excluding hydrogens is 254 g/mol. The van der Waals surface area contributed by atoms with E-state index in [1.165, 1.54) is 11.4 Å². The zero-order valence-electron chi connectivity index (χ0n) is 10.2. The van der Waals surface area contributed by atoms with E-state index in [0.717, 1.165) is 0 Å². The lowest BCUT2D eigenvalue weighted by atomic mass is 10.1. The molecule has 2 rings (SSSR count). The van der Waals surface area contributed by atoms with Gasteiger partial charge in [-0.05, 0) is 24.5 Å². The fourth-order valence-corrected chi connectivity index (χ4v) is 3.82. The summed E-state index contributed by atoms with van der Waals surface area (Å²) in [5.41, 5.74) is 0. The molecule has 0 spiro atoms. The number of aliphatic hydroxyl groups excluding tert-OH is 1. The van der Waals surface area contributed by atoms with Gasteiger partial charge >= 0.3 is 0 Å². The molecule has 0 aromatic heterocycles. The summed E-state index contributed by atoms with van der Waals surface area (Å²) < 4.78 is 31.4. The fourth-order valence-electron chi connectivity index (χ4n) is 2.14. The van der Waals surface area contributed by atoms with Gasteiger partial charge in [0.2, 0.25) is 10.0 Å². The number of ether oxygens (including phenoxy) is 1. The first-order valence-electron chi connectivity index (χ1n) is 5.83. The molecule has 1 aliphatic rings. The molecule has 1 aromatic carbocycles. The molecule has 18 heavy (non-hydrogen) atoms. The largest absolute Gasteiger partial charge is 0.495 e. The molecule has 1 atom stereocenters. The van der Waals surface area contributed by atoms with E-state index in [1.54, 1.807) is 24.3 Å². The van der Waals surface area contributed by atoms with Crippen molar-refractivity contribution in [1.82, 2.24) is 4.31 Å². The van der Waals surface area contributed by atoms with Gasteiger partial charge < -0.3 is 9.84 Å². The fraction of sp³-hybridized carbons (Fsp3) is 0.500. The summed E-state index contributed by atoms with van der Waals surface area (Å²) in [6, 6.07) is 6.58. The van der Waals surface area contributed by atoms with Gasteiger partial charge in [0.05, 0.1) is 7.11 Å². The molecular formula is C12H17NO4S. The van der Waals surface area contributed by atoms with Gasteiger partial charge in [0.25, 0.3) is 0 Å². The van der Waals surface area contributed by atoms with Crippen LogP contribution in [0, 0.1) is 5.92 Å². The van der Waals surface area contributed by atoms with Gasteiger partial charge in [0.15, 0.2) is 0 Å². The highest BCUT2D eigenvalue weighted by molar-refractivity contribution is 7.89. The first-order valence-corrected chi connectivity index (χ1v) is 7.27. The Morgan fingerprint density at radius 1 is 1.44 bits per heavy atom. The molecule has 1 aliphatic heterocycles. The Labute approximate surface area is 107 Å². The Morgan fingerprint density at radius 2 is 2.17 bits per heavy atom. The maximum Gasteiger partial charge on any atom is 0.246 e. The summed E-state index contributed by atoms with van der Waals surface area (Å²) in [7, 11) is -2.07. The van der Waals surface area contributed by atoms with Gasteiger partial charge in [0, 0.05) is 19.7 Å². The van der Waals surface area contributed by atoms with Gasteiger partial charge in [-0.15, -0.1) is 0 Å². The van der Waals surface area contributed by atoms with Crippen molar-refractivity contribution in [3.63, 3.8) is 0 Å². The van der Waals surface area contributed by atoms with E-state index in [9.17, 15) is 8.42 Å². The molecule has 1 heterocycles. The number of methoxy groups -OCH3 is 1. The predicted octanol–water partition coefficient (Wildman–Crippen LogP) is 0.698. The van der Waals surface area contributed by atoms with E-state index in [1.807, 2.05) is 0 Å². The van der Waals surface area contributed by atoms with Crippen molar-refractivity contribution in [1.29, 1.82) is 0 Å². The molecule has 6 heteroatoms. The van der Waals surface area contributed by atoms with E-state index in [2.05, 4.69) is 0 Å². The Morgan fingerprint density at radius 3 is 2.78 bits per heavy atom. The van der Waals surface area contributed by atoms with Crippen LogP contribution in [0.4, 0.5) is 0 Å². The molecule has 1 unspecified atom stereocenters. The number of hydrogen-bond acceptors (Lipinski definition) is 4. The number of nitrogens with zero attached hydrogens (tertiary/aromatic N) is 1. The smallest absolute Gasteiger partial charge is 0.246 e. The van der Waals surface area contributed by atoms with Crippen LogP contribution in [0.3, 0.4) is 0 Å². The maximum absolute atomic E-state index is 12.4. The summed E-state index contributed by atoms with van der Waals surface area (Å²) in [5, 5.41) is 9.07. The third kappa shape index (κ3) is 2.36. The topological polar surface area (TPSA) is 66.8 Å². The first-order chi connectivity index (χ1) is 8.59. The third-order valence-electron chi connectivity index (χ3n) is 3.19. The van der Waals surface area contributed by atoms with Gasteiger partial charge in [-0.3, -0.25) is 0 Å². The summed E-state index contributed by atoms with van der Waals surface area (Å²) in [4.78, 5) is 0.186. The van der Waals surface area contributed by atoms with Crippen molar-refractivity contribution in [2.45, 2.75) is 11.3 Å². The molecule has 0 radical (unpaired) electrons. The second kappa shape index (κ2) is 5.26. The highest BCUT2D eigenvalue weighted by Crippen LogP contribution is 2.29. The Kier molecular flexibility index (Phi) is 3.89. The van der Waals surface area contributed by atoms with Crippen LogP contribution in [-0.4, -0.2) is 44.6 Å². The summed E-state index contributed by atoms with van der Waals surface area (Å²) >= 11 is 0. The SMILES string of the molecule is COc1ccccc1S(=O)(=O)N1CCC(CO)C1. The number of aliphatic hydroxyl groups is 1. The Balaban J connectivity index is 2.31. The zero-order chi connectivity index (χ0) is 13.2. The van der Waals surface area contributed by atoms with Crippen LogP contribution in [0.2, 0.25) is 0 Å². The minimum absolute atomic E-state index is 0.0257. The lowest BCUT2D eigenvalue weighted by molar-refractivity contribution is 0.233. The number of benzene rings is 1. The molecule has 1 aromatic rings. The average Bonchev–Trinajstić information content (AvgIpc) is 2.88. The normalized spacial score (nSPS) is 21.1. The number of hydrogen-bond donors (Lipinski definition) is 1. The van der Waals surface area contributed by atoms with Gasteiger partial charge in [-0.2, -0.15) is 4.31 Å². The predicted molar refractivity (Wildman–Crippen MR) is 66.9 cm³/mol. The van der Waals surface area contributed by atoms with E-state index in [4.69, 9.17) is 9.84 Å². The number of rotatable bonds is 4. The highest BCUT2D eigenvalue weighted by Gasteiger charge is 2.33. The Hall–Kier alpha value is -1.11. The highest BCUT2D eigenvalue weighted by atomic mass is 32.2. The zero-order valence-corrected chi connectivity index (χ0v) is 11.1. The minimum Gasteiger partial charge on any atom is -0.495 e. The van der Waals surface area contributed by atoms with Gasteiger partial charge in [-0.25, -0.2) is 8.42 Å². The molecule has 1 saturated heterocycles. The van der Waals surface area contributed by atoms with E-state index in [-0.39, 0.29) is 17.4 Å². The van der Waals surface area contributed by atoms with Crippen LogP contribution in [0.1, 0.15) is 6.42 Å². The van der Waals surface area contributed by atoms with Crippen LogP contribution >= 0.6 is 0 Å². The Bertz CT molecular complexity index is 515. The second-order valence-corrected chi connectivity index (χ2v) is 6.26. The number of sulfonamides is 1. The van der Waals surface area contributed by atoms with Gasteiger partial charge in [0.1, 0.15) is 10.6 Å². The van der Waals surface area contributed by atoms with Crippen LogP contribution < -0.4 is 4.74 Å².